The molecule has 0 aliphatic carbocycles. The van der Waals surface area contributed by atoms with Crippen molar-refractivity contribution in [2.24, 2.45) is 4.99 Å². The van der Waals surface area contributed by atoms with Crippen LogP contribution >= 0.6 is 23.2 Å². The molecule has 0 bridgehead atoms. The third-order valence-corrected chi connectivity index (χ3v) is 3.93. The second-order valence-electron chi connectivity index (χ2n) is 5.22. The molecule has 2 heterocycles. The standard InChI is InChI=1S/C19H12Cl2N2O4/c1-3-6-26-17-13(21)7-11(9-16(17)25-2)8-15-19(24)27-18(23-15)14-10-12(20)4-5-22-14/h1,4-5,7-10H,6H2,2H3/b15-8-. The monoisotopic (exact) mass is 402 g/mol. The predicted molar refractivity (Wildman–Crippen MR) is 102 cm³/mol. The molecule has 0 radical (unpaired) electrons. The predicted octanol–water partition coefficient (Wildman–Crippen LogP) is 3.75. The van der Waals surface area contributed by atoms with Crippen LogP contribution in [0.1, 0.15) is 11.3 Å². The molecule has 1 aromatic heterocycles. The minimum absolute atomic E-state index is 0.0448. The summed E-state index contributed by atoms with van der Waals surface area (Å²) < 4.78 is 15.8. The molecular weight excluding hydrogens is 391 g/mol. The Morgan fingerprint density at radius 3 is 2.85 bits per heavy atom. The van der Waals surface area contributed by atoms with Crippen LogP contribution in [0, 0.1) is 12.3 Å². The lowest BCUT2D eigenvalue weighted by molar-refractivity contribution is -0.129. The summed E-state index contributed by atoms with van der Waals surface area (Å²) in [5.41, 5.74) is 1.01. The fourth-order valence-corrected chi connectivity index (χ4v) is 2.71. The van der Waals surface area contributed by atoms with Crippen LogP contribution in [0.15, 0.2) is 41.2 Å². The molecule has 0 spiro atoms. The number of halogens is 2. The van der Waals surface area contributed by atoms with Gasteiger partial charge in [0.05, 0.1) is 12.1 Å². The van der Waals surface area contributed by atoms with Gasteiger partial charge in [0.1, 0.15) is 12.3 Å². The maximum absolute atomic E-state index is 12.1. The van der Waals surface area contributed by atoms with E-state index in [1.165, 1.54) is 19.4 Å². The van der Waals surface area contributed by atoms with Crippen LogP contribution in [0.25, 0.3) is 6.08 Å². The van der Waals surface area contributed by atoms with E-state index in [0.29, 0.717) is 27.8 Å². The summed E-state index contributed by atoms with van der Waals surface area (Å²) in [6, 6.07) is 6.40. The van der Waals surface area contributed by atoms with Gasteiger partial charge in [0, 0.05) is 11.2 Å². The van der Waals surface area contributed by atoms with E-state index in [2.05, 4.69) is 15.9 Å². The molecular formula is C19H12Cl2N2O4. The second kappa shape index (κ2) is 8.12. The maximum Gasteiger partial charge on any atom is 0.363 e. The first-order valence-electron chi connectivity index (χ1n) is 7.60. The van der Waals surface area contributed by atoms with E-state index < -0.39 is 5.97 Å². The van der Waals surface area contributed by atoms with Crippen molar-refractivity contribution in [3.63, 3.8) is 0 Å². The average Bonchev–Trinajstić information content (AvgIpc) is 3.01. The van der Waals surface area contributed by atoms with E-state index in [0.717, 1.165) is 0 Å². The number of ether oxygens (including phenoxy) is 3. The molecule has 1 aromatic carbocycles. The summed E-state index contributed by atoms with van der Waals surface area (Å²) in [6.07, 6.45) is 8.20. The lowest BCUT2D eigenvalue weighted by Crippen LogP contribution is -2.07. The largest absolute Gasteiger partial charge is 0.493 e. The van der Waals surface area contributed by atoms with E-state index in [1.54, 1.807) is 24.3 Å². The van der Waals surface area contributed by atoms with Crippen molar-refractivity contribution in [3.8, 4) is 23.8 Å². The number of carbonyl (C=O) groups excluding carboxylic acids is 1. The summed E-state index contributed by atoms with van der Waals surface area (Å²) >= 11 is 12.2. The fourth-order valence-electron chi connectivity index (χ4n) is 2.28. The van der Waals surface area contributed by atoms with Gasteiger partial charge >= 0.3 is 5.97 Å². The van der Waals surface area contributed by atoms with Crippen molar-refractivity contribution < 1.29 is 19.0 Å². The van der Waals surface area contributed by atoms with Crippen LogP contribution in [-0.4, -0.2) is 30.6 Å². The number of benzene rings is 1. The quantitative estimate of drug-likeness (QED) is 0.432. The van der Waals surface area contributed by atoms with Gasteiger partial charge in [-0.25, -0.2) is 9.79 Å². The zero-order valence-electron chi connectivity index (χ0n) is 14.0. The highest BCUT2D eigenvalue weighted by atomic mass is 35.5. The summed E-state index contributed by atoms with van der Waals surface area (Å²) in [6.45, 7) is 0.0448. The number of carbonyl (C=O) groups is 1. The van der Waals surface area contributed by atoms with Crippen molar-refractivity contribution in [2.45, 2.75) is 0 Å². The van der Waals surface area contributed by atoms with Crippen LogP contribution in [0.4, 0.5) is 0 Å². The van der Waals surface area contributed by atoms with E-state index in [9.17, 15) is 4.79 Å². The number of esters is 1. The molecule has 1 aliphatic rings. The van der Waals surface area contributed by atoms with Gasteiger partial charge in [-0.05, 0) is 35.9 Å². The first-order valence-corrected chi connectivity index (χ1v) is 8.35. The summed E-state index contributed by atoms with van der Waals surface area (Å²) in [7, 11) is 1.47. The van der Waals surface area contributed by atoms with Crippen LogP contribution in [0.5, 0.6) is 11.5 Å². The molecule has 0 saturated heterocycles. The number of aromatic nitrogens is 1. The number of nitrogens with zero attached hydrogens (tertiary/aromatic N) is 2. The Kier molecular flexibility index (Phi) is 5.65. The number of hydrogen-bond donors (Lipinski definition) is 0. The van der Waals surface area contributed by atoms with Crippen LogP contribution in [-0.2, 0) is 9.53 Å². The van der Waals surface area contributed by atoms with Crippen molar-refractivity contribution in [2.75, 3.05) is 13.7 Å². The molecule has 6 nitrogen and oxygen atoms in total. The fraction of sp³-hybridized carbons (Fsp3) is 0.105. The maximum atomic E-state index is 12.1. The topological polar surface area (TPSA) is 70.0 Å². The Labute approximate surface area is 165 Å². The number of aliphatic imine (C=N–C) groups is 1. The SMILES string of the molecule is C#CCOc1c(Cl)cc(/C=C2\N=C(c3cc(Cl)ccn3)OC2=O)cc1OC. The molecule has 2 aromatic rings. The van der Waals surface area contributed by atoms with Gasteiger partial charge in [0.25, 0.3) is 0 Å². The normalized spacial score (nSPS) is 14.5. The Balaban J connectivity index is 1.95. The van der Waals surface area contributed by atoms with E-state index in [-0.39, 0.29) is 23.2 Å². The molecule has 8 heteroatoms. The first kappa shape index (κ1) is 18.8. The minimum Gasteiger partial charge on any atom is -0.493 e. The number of terminal acetylenes is 1. The Bertz CT molecular complexity index is 1010. The highest BCUT2D eigenvalue weighted by molar-refractivity contribution is 6.32. The molecule has 0 unspecified atom stereocenters. The first-order chi connectivity index (χ1) is 13.0. The van der Waals surface area contributed by atoms with E-state index >= 15 is 0 Å². The third-order valence-electron chi connectivity index (χ3n) is 3.42. The molecule has 0 N–H and O–H groups in total. The minimum atomic E-state index is -0.616. The molecule has 0 saturated carbocycles. The van der Waals surface area contributed by atoms with Crippen LogP contribution in [0.3, 0.4) is 0 Å². The van der Waals surface area contributed by atoms with Gasteiger partial charge < -0.3 is 14.2 Å². The van der Waals surface area contributed by atoms with Gasteiger partial charge in [-0.15, -0.1) is 6.42 Å². The Morgan fingerprint density at radius 2 is 2.15 bits per heavy atom. The molecule has 27 heavy (non-hydrogen) atoms. The third kappa shape index (κ3) is 4.22. The molecule has 3 rings (SSSR count). The molecule has 0 fully saturated rings. The van der Waals surface area contributed by atoms with Gasteiger partial charge in [0.15, 0.2) is 17.2 Å². The average molecular weight is 403 g/mol. The summed E-state index contributed by atoms with van der Waals surface area (Å²) in [5, 5.41) is 0.735. The lowest BCUT2D eigenvalue weighted by atomic mass is 10.1. The second-order valence-corrected chi connectivity index (χ2v) is 6.07. The van der Waals surface area contributed by atoms with E-state index in [4.69, 9.17) is 43.8 Å². The van der Waals surface area contributed by atoms with Gasteiger partial charge in [-0.3, -0.25) is 4.98 Å². The zero-order valence-corrected chi connectivity index (χ0v) is 15.5. The van der Waals surface area contributed by atoms with Gasteiger partial charge in [0.2, 0.25) is 5.90 Å². The highest BCUT2D eigenvalue weighted by Crippen LogP contribution is 2.37. The van der Waals surface area contributed by atoms with Crippen molar-refractivity contribution in [1.29, 1.82) is 0 Å². The highest BCUT2D eigenvalue weighted by Gasteiger charge is 2.25. The van der Waals surface area contributed by atoms with Crippen molar-refractivity contribution in [1.82, 2.24) is 4.98 Å². The molecule has 0 amide bonds. The summed E-state index contributed by atoms with van der Waals surface area (Å²) in [5.74, 6) is 2.50. The number of rotatable bonds is 5. The smallest absolute Gasteiger partial charge is 0.363 e. The Morgan fingerprint density at radius 1 is 1.33 bits per heavy atom. The van der Waals surface area contributed by atoms with Crippen LogP contribution < -0.4 is 9.47 Å². The van der Waals surface area contributed by atoms with Crippen LogP contribution in [0.2, 0.25) is 10.0 Å². The summed E-state index contributed by atoms with van der Waals surface area (Å²) in [4.78, 5) is 20.4. The molecule has 136 valence electrons. The number of pyridine rings is 1. The number of cyclic esters (lactones) is 1. The number of methoxy groups -OCH3 is 1. The van der Waals surface area contributed by atoms with Gasteiger partial charge in [-0.2, -0.15) is 0 Å². The molecule has 1 aliphatic heterocycles. The van der Waals surface area contributed by atoms with Gasteiger partial charge in [-0.1, -0.05) is 29.1 Å². The van der Waals surface area contributed by atoms with Crippen molar-refractivity contribution >= 4 is 41.1 Å². The molecule has 0 atom stereocenters. The zero-order chi connectivity index (χ0) is 19.4. The Hall–Kier alpha value is -3.01. The van der Waals surface area contributed by atoms with E-state index in [1.807, 2.05) is 0 Å². The lowest BCUT2D eigenvalue weighted by Gasteiger charge is -2.11. The number of hydrogen-bond acceptors (Lipinski definition) is 6. The van der Waals surface area contributed by atoms with Crippen molar-refractivity contribution in [3.05, 3.63) is 57.5 Å².